The molecule has 0 saturated carbocycles. The van der Waals surface area contributed by atoms with Crippen molar-refractivity contribution in [3.63, 3.8) is 0 Å². The van der Waals surface area contributed by atoms with Crippen LogP contribution in [0.2, 0.25) is 0 Å². The first-order chi connectivity index (χ1) is 13.4. The molecule has 7 heteroatoms. The zero-order valence-corrected chi connectivity index (χ0v) is 16.9. The van der Waals surface area contributed by atoms with Crippen molar-refractivity contribution in [2.75, 3.05) is 18.4 Å². The summed E-state index contributed by atoms with van der Waals surface area (Å²) in [5.41, 5.74) is 2.92. The van der Waals surface area contributed by atoms with E-state index in [0.29, 0.717) is 6.54 Å². The van der Waals surface area contributed by atoms with Gasteiger partial charge in [-0.25, -0.2) is 14.8 Å². The van der Waals surface area contributed by atoms with Crippen molar-refractivity contribution in [1.82, 2.24) is 19.9 Å². The van der Waals surface area contributed by atoms with Gasteiger partial charge < -0.3 is 19.9 Å². The maximum absolute atomic E-state index is 12.4. The van der Waals surface area contributed by atoms with E-state index < -0.39 is 5.60 Å². The number of carbonyl (C=O) groups is 1. The number of anilines is 1. The van der Waals surface area contributed by atoms with Crippen LogP contribution in [0.25, 0.3) is 16.6 Å². The molecule has 1 unspecified atom stereocenters. The molecule has 2 N–H and O–H groups in total. The number of aromatic nitrogens is 3. The monoisotopic (exact) mass is 383 g/mol. The van der Waals surface area contributed by atoms with E-state index in [1.165, 1.54) is 17.6 Å². The molecule has 0 radical (unpaired) electrons. The highest BCUT2D eigenvalue weighted by molar-refractivity contribution is 5.98. The van der Waals surface area contributed by atoms with Gasteiger partial charge in [0, 0.05) is 30.9 Å². The summed E-state index contributed by atoms with van der Waals surface area (Å²) in [6.07, 6.45) is 11.0. The smallest absolute Gasteiger partial charge is 0.410 e. The number of carbonyl (C=O) groups excluding carboxylic acids is 1. The fourth-order valence-corrected chi connectivity index (χ4v) is 4.02. The number of H-pyrrole nitrogens is 1. The molecular formula is C21H29N5O2. The van der Waals surface area contributed by atoms with Crippen LogP contribution in [-0.2, 0) is 4.74 Å². The van der Waals surface area contributed by atoms with Crippen LogP contribution in [0.4, 0.5) is 10.6 Å². The first-order valence-electron chi connectivity index (χ1n) is 10.2. The third kappa shape index (κ3) is 3.98. The van der Waals surface area contributed by atoms with Crippen LogP contribution in [0.1, 0.15) is 58.4 Å². The first kappa shape index (κ1) is 18.8. The number of nitrogens with zero attached hydrogens (tertiary/aromatic N) is 3. The van der Waals surface area contributed by atoms with Gasteiger partial charge in [-0.2, -0.15) is 0 Å². The molecule has 0 bridgehead atoms. The third-order valence-electron chi connectivity index (χ3n) is 5.27. The van der Waals surface area contributed by atoms with Crippen molar-refractivity contribution >= 4 is 28.5 Å². The van der Waals surface area contributed by atoms with Gasteiger partial charge in [0.05, 0.1) is 5.39 Å². The molecule has 4 rings (SSSR count). The molecule has 2 aromatic rings. The summed E-state index contributed by atoms with van der Waals surface area (Å²) in [5.74, 6) is 0.838. The average molecular weight is 383 g/mol. The second-order valence-corrected chi connectivity index (χ2v) is 8.68. The van der Waals surface area contributed by atoms with Gasteiger partial charge in [0.1, 0.15) is 23.4 Å². The second kappa shape index (κ2) is 7.45. The lowest BCUT2D eigenvalue weighted by atomic mass is 10.0. The number of hydrogen-bond acceptors (Lipinski definition) is 5. The van der Waals surface area contributed by atoms with Crippen molar-refractivity contribution < 1.29 is 9.53 Å². The van der Waals surface area contributed by atoms with Crippen molar-refractivity contribution in [2.24, 2.45) is 0 Å². The molecule has 1 atom stereocenters. The molecule has 0 aromatic carbocycles. The number of fused-ring (bicyclic) bond motifs is 1. The molecule has 150 valence electrons. The largest absolute Gasteiger partial charge is 0.444 e. The molecular weight excluding hydrogens is 354 g/mol. The number of allylic oxidation sites excluding steroid dienone is 2. The van der Waals surface area contributed by atoms with Crippen LogP contribution in [0.5, 0.6) is 0 Å². The Morgan fingerprint density at radius 3 is 2.93 bits per heavy atom. The summed E-state index contributed by atoms with van der Waals surface area (Å²) in [4.78, 5) is 26.4. The molecule has 1 aliphatic carbocycles. The van der Waals surface area contributed by atoms with Gasteiger partial charge in [-0.3, -0.25) is 0 Å². The summed E-state index contributed by atoms with van der Waals surface area (Å²) in [7, 11) is 0. The number of ether oxygens (including phenoxy) is 1. The topological polar surface area (TPSA) is 83.1 Å². The van der Waals surface area contributed by atoms with E-state index in [2.05, 4.69) is 26.3 Å². The number of rotatable bonds is 3. The van der Waals surface area contributed by atoms with Crippen LogP contribution >= 0.6 is 0 Å². The van der Waals surface area contributed by atoms with E-state index >= 15 is 0 Å². The fraction of sp³-hybridized carbons (Fsp3) is 0.571. The Labute approximate surface area is 165 Å². The van der Waals surface area contributed by atoms with E-state index in [1.807, 2.05) is 27.0 Å². The third-order valence-corrected chi connectivity index (χ3v) is 5.27. The van der Waals surface area contributed by atoms with Gasteiger partial charge in [0.2, 0.25) is 0 Å². The van der Waals surface area contributed by atoms with Crippen LogP contribution in [0, 0.1) is 0 Å². The van der Waals surface area contributed by atoms with Crippen LogP contribution < -0.4 is 5.32 Å². The molecule has 1 aliphatic heterocycles. The highest BCUT2D eigenvalue weighted by atomic mass is 16.6. The Morgan fingerprint density at radius 2 is 2.18 bits per heavy atom. The molecule has 1 amide bonds. The SMILES string of the molecule is CC(C)(C)OC(=O)N1CCCC(Nc2ncnc3[nH]cc(C4=CCCC4)c23)C1. The molecule has 1 saturated heterocycles. The lowest BCUT2D eigenvalue weighted by molar-refractivity contribution is 0.0206. The minimum absolute atomic E-state index is 0.139. The van der Waals surface area contributed by atoms with Crippen molar-refractivity contribution in [3.8, 4) is 0 Å². The van der Waals surface area contributed by atoms with Gasteiger partial charge in [0.25, 0.3) is 0 Å². The van der Waals surface area contributed by atoms with E-state index in [0.717, 1.165) is 49.1 Å². The standard InChI is InChI=1S/C21H29N5O2/c1-21(2,3)28-20(27)26-10-6-9-15(12-26)25-19-17-16(14-7-4-5-8-14)11-22-18(17)23-13-24-19/h7,11,13,15H,4-6,8-10,12H2,1-3H3,(H2,22,23,24,25). The van der Waals surface area contributed by atoms with E-state index in [4.69, 9.17) is 4.74 Å². The van der Waals surface area contributed by atoms with Crippen molar-refractivity contribution in [2.45, 2.75) is 64.5 Å². The summed E-state index contributed by atoms with van der Waals surface area (Å²) in [6.45, 7) is 7.03. The van der Waals surface area contributed by atoms with Gasteiger partial charge >= 0.3 is 6.09 Å². The summed E-state index contributed by atoms with van der Waals surface area (Å²) >= 11 is 0. The molecule has 2 aliphatic rings. The van der Waals surface area contributed by atoms with E-state index in [-0.39, 0.29) is 12.1 Å². The second-order valence-electron chi connectivity index (χ2n) is 8.68. The van der Waals surface area contributed by atoms with E-state index in [1.54, 1.807) is 11.2 Å². The Bertz CT molecular complexity index is 896. The molecule has 2 aromatic heterocycles. The predicted molar refractivity (Wildman–Crippen MR) is 110 cm³/mol. The van der Waals surface area contributed by atoms with Crippen molar-refractivity contribution in [3.05, 3.63) is 24.2 Å². The van der Waals surface area contributed by atoms with Gasteiger partial charge in [-0.05, 0) is 58.4 Å². The van der Waals surface area contributed by atoms with Crippen LogP contribution in [0.3, 0.4) is 0 Å². The molecule has 7 nitrogen and oxygen atoms in total. The van der Waals surface area contributed by atoms with Gasteiger partial charge in [-0.15, -0.1) is 0 Å². The first-order valence-corrected chi connectivity index (χ1v) is 10.2. The minimum Gasteiger partial charge on any atom is -0.444 e. The summed E-state index contributed by atoms with van der Waals surface area (Å²) in [6, 6.07) is 0.139. The molecule has 1 fully saturated rings. The predicted octanol–water partition coefficient (Wildman–Crippen LogP) is 4.34. The Balaban J connectivity index is 1.53. The number of hydrogen-bond donors (Lipinski definition) is 2. The quantitative estimate of drug-likeness (QED) is 0.824. The Hall–Kier alpha value is -2.57. The number of likely N-dealkylation sites (tertiary alicyclic amines) is 1. The highest BCUT2D eigenvalue weighted by Gasteiger charge is 2.28. The number of piperidine rings is 1. The normalized spacial score (nSPS) is 20.3. The van der Waals surface area contributed by atoms with E-state index in [9.17, 15) is 4.79 Å². The molecule has 3 heterocycles. The minimum atomic E-state index is -0.481. The van der Waals surface area contributed by atoms with Gasteiger partial charge in [0.15, 0.2) is 0 Å². The Kier molecular flexibility index (Phi) is 5.00. The van der Waals surface area contributed by atoms with Crippen LogP contribution in [0.15, 0.2) is 18.6 Å². The highest BCUT2D eigenvalue weighted by Crippen LogP contribution is 2.35. The number of aromatic amines is 1. The fourth-order valence-electron chi connectivity index (χ4n) is 4.02. The average Bonchev–Trinajstić information content (AvgIpc) is 3.30. The zero-order valence-electron chi connectivity index (χ0n) is 16.9. The maximum atomic E-state index is 12.4. The lowest BCUT2D eigenvalue weighted by Gasteiger charge is -2.34. The zero-order chi connectivity index (χ0) is 19.7. The van der Waals surface area contributed by atoms with Gasteiger partial charge in [-0.1, -0.05) is 6.08 Å². The number of nitrogens with one attached hydrogen (secondary N) is 2. The van der Waals surface area contributed by atoms with Crippen molar-refractivity contribution in [1.29, 1.82) is 0 Å². The molecule has 0 spiro atoms. The number of amides is 1. The van der Waals surface area contributed by atoms with Crippen LogP contribution in [-0.4, -0.2) is 50.7 Å². The summed E-state index contributed by atoms with van der Waals surface area (Å²) in [5, 5.41) is 4.62. The maximum Gasteiger partial charge on any atom is 0.410 e. The lowest BCUT2D eigenvalue weighted by Crippen LogP contribution is -2.47. The Morgan fingerprint density at radius 1 is 1.32 bits per heavy atom. The molecule has 28 heavy (non-hydrogen) atoms. The summed E-state index contributed by atoms with van der Waals surface area (Å²) < 4.78 is 5.54.